The lowest BCUT2D eigenvalue weighted by atomic mass is 10.2. The summed E-state index contributed by atoms with van der Waals surface area (Å²) in [6, 6.07) is 4.16. The molecule has 1 aromatic rings. The molecule has 4 N–H and O–H groups in total. The molecule has 0 bridgehead atoms. The Kier molecular flexibility index (Phi) is 4.27. The summed E-state index contributed by atoms with van der Waals surface area (Å²) in [4.78, 5) is 20.9. The van der Waals surface area contributed by atoms with Crippen molar-refractivity contribution in [2.45, 2.75) is 6.42 Å². The zero-order chi connectivity index (χ0) is 12.8. The maximum Gasteiger partial charge on any atom is 0.271 e. The topological polar surface area (TPSA) is 110 Å². The molecule has 0 unspecified atom stereocenters. The van der Waals surface area contributed by atoms with Crippen molar-refractivity contribution in [3.63, 3.8) is 0 Å². The summed E-state index contributed by atoms with van der Waals surface area (Å²) in [5.41, 5.74) is 6.46. The van der Waals surface area contributed by atoms with E-state index in [1.165, 1.54) is 18.2 Å². The van der Waals surface area contributed by atoms with Gasteiger partial charge in [-0.25, -0.2) is 0 Å². The number of non-ortho nitro benzene ring substituents is 1. The molecule has 0 saturated heterocycles. The number of hydrogen-bond acceptors (Lipinski definition) is 5. The van der Waals surface area contributed by atoms with Gasteiger partial charge in [0.1, 0.15) is 0 Å². The van der Waals surface area contributed by atoms with Crippen LogP contribution in [0.5, 0.6) is 0 Å². The van der Waals surface area contributed by atoms with E-state index < -0.39 is 4.92 Å². The highest BCUT2D eigenvalue weighted by molar-refractivity contribution is 5.76. The van der Waals surface area contributed by atoms with Gasteiger partial charge in [-0.3, -0.25) is 14.9 Å². The second-order valence-electron chi connectivity index (χ2n) is 3.38. The Morgan fingerprint density at radius 2 is 2.24 bits per heavy atom. The Hall–Kier alpha value is -2.31. The predicted octanol–water partition coefficient (Wildman–Crippen LogP) is 0.725. The first-order valence-electron chi connectivity index (χ1n) is 5.03. The molecule has 0 aliphatic heterocycles. The molecule has 17 heavy (non-hydrogen) atoms. The zero-order valence-corrected chi connectivity index (χ0v) is 9.40. The van der Waals surface area contributed by atoms with E-state index in [1.807, 2.05) is 0 Å². The predicted molar refractivity (Wildman–Crippen MR) is 64.7 cm³/mol. The number of nitrogen functional groups attached to an aromatic ring is 1. The summed E-state index contributed by atoms with van der Waals surface area (Å²) >= 11 is 0. The van der Waals surface area contributed by atoms with Crippen LogP contribution in [0.1, 0.15) is 6.42 Å². The summed E-state index contributed by atoms with van der Waals surface area (Å²) < 4.78 is 0. The van der Waals surface area contributed by atoms with E-state index in [2.05, 4.69) is 10.6 Å². The number of nitro benzene ring substituents is 1. The Balaban J connectivity index is 2.60. The van der Waals surface area contributed by atoms with Gasteiger partial charge in [-0.05, 0) is 6.07 Å². The number of benzene rings is 1. The fraction of sp³-hybridized carbons (Fsp3) is 0.300. The van der Waals surface area contributed by atoms with Crippen molar-refractivity contribution in [1.82, 2.24) is 5.32 Å². The van der Waals surface area contributed by atoms with Gasteiger partial charge in [-0.15, -0.1) is 0 Å². The molecule has 1 amide bonds. The van der Waals surface area contributed by atoms with Crippen molar-refractivity contribution in [1.29, 1.82) is 0 Å². The summed E-state index contributed by atoms with van der Waals surface area (Å²) in [5.74, 6) is -0.0852. The lowest BCUT2D eigenvalue weighted by Gasteiger charge is -2.08. The molecule has 0 radical (unpaired) electrons. The molecule has 0 atom stereocenters. The van der Waals surface area contributed by atoms with Crippen molar-refractivity contribution in [2.24, 2.45) is 0 Å². The van der Waals surface area contributed by atoms with Gasteiger partial charge in [0.05, 0.1) is 16.3 Å². The van der Waals surface area contributed by atoms with Crippen LogP contribution < -0.4 is 16.4 Å². The van der Waals surface area contributed by atoms with E-state index in [1.54, 1.807) is 7.05 Å². The van der Waals surface area contributed by atoms with Crippen LogP contribution in [0.3, 0.4) is 0 Å². The first-order valence-corrected chi connectivity index (χ1v) is 5.03. The van der Waals surface area contributed by atoms with Crippen LogP contribution in [0, 0.1) is 10.1 Å². The highest BCUT2D eigenvalue weighted by Crippen LogP contribution is 2.23. The van der Waals surface area contributed by atoms with E-state index in [4.69, 9.17) is 5.73 Å². The fourth-order valence-corrected chi connectivity index (χ4v) is 1.26. The molecule has 7 nitrogen and oxygen atoms in total. The number of nitrogens with two attached hydrogens (primary N) is 1. The largest absolute Gasteiger partial charge is 0.397 e. The minimum atomic E-state index is -0.509. The van der Waals surface area contributed by atoms with E-state index in [0.717, 1.165) is 0 Å². The maximum absolute atomic E-state index is 11.0. The van der Waals surface area contributed by atoms with Crippen molar-refractivity contribution in [2.75, 3.05) is 24.6 Å². The lowest BCUT2D eigenvalue weighted by Crippen LogP contribution is -2.21. The number of nitrogens with zero attached hydrogens (tertiary/aromatic N) is 1. The maximum atomic E-state index is 11.0. The molecule has 1 aromatic carbocycles. The van der Waals surface area contributed by atoms with Crippen LogP contribution >= 0.6 is 0 Å². The number of carbonyl (C=O) groups is 1. The summed E-state index contributed by atoms with van der Waals surface area (Å²) in [5, 5.41) is 15.9. The molecule has 1 rings (SSSR count). The van der Waals surface area contributed by atoms with Gasteiger partial charge in [0.15, 0.2) is 0 Å². The summed E-state index contributed by atoms with van der Waals surface area (Å²) in [7, 11) is 1.56. The van der Waals surface area contributed by atoms with Crippen molar-refractivity contribution in [3.05, 3.63) is 28.3 Å². The second-order valence-corrected chi connectivity index (χ2v) is 3.38. The molecule has 0 saturated carbocycles. The first-order chi connectivity index (χ1) is 8.04. The normalized spacial score (nSPS) is 9.71. The van der Waals surface area contributed by atoms with Crippen molar-refractivity contribution >= 4 is 23.0 Å². The van der Waals surface area contributed by atoms with E-state index in [-0.39, 0.29) is 17.3 Å². The summed E-state index contributed by atoms with van der Waals surface area (Å²) in [6.07, 6.45) is 0.312. The van der Waals surface area contributed by atoms with Gasteiger partial charge >= 0.3 is 0 Å². The van der Waals surface area contributed by atoms with E-state index in [9.17, 15) is 14.9 Å². The van der Waals surface area contributed by atoms with Gasteiger partial charge < -0.3 is 16.4 Å². The molecule has 0 heterocycles. The number of nitro groups is 1. The summed E-state index contributed by atoms with van der Waals surface area (Å²) in [6.45, 7) is 0.418. The third-order valence-electron chi connectivity index (χ3n) is 2.19. The number of rotatable bonds is 5. The SMILES string of the molecule is CNC(=O)CCNc1ccc([N+](=O)[O-])cc1N. The molecule has 0 aromatic heterocycles. The lowest BCUT2D eigenvalue weighted by molar-refractivity contribution is -0.384. The van der Waals surface area contributed by atoms with Crippen LogP contribution in [-0.2, 0) is 4.79 Å². The van der Waals surface area contributed by atoms with E-state index >= 15 is 0 Å². The standard InChI is InChI=1S/C10H14N4O3/c1-12-10(15)4-5-13-9-3-2-7(14(16)17)6-8(9)11/h2-3,6,13H,4-5,11H2,1H3,(H,12,15). The van der Waals surface area contributed by atoms with Gasteiger partial charge in [0.2, 0.25) is 5.91 Å². The van der Waals surface area contributed by atoms with Crippen LogP contribution in [-0.4, -0.2) is 24.4 Å². The minimum Gasteiger partial charge on any atom is -0.397 e. The molecule has 0 fully saturated rings. The van der Waals surface area contributed by atoms with Gasteiger partial charge in [0, 0.05) is 32.1 Å². The number of nitrogens with one attached hydrogen (secondary N) is 2. The minimum absolute atomic E-state index is 0.0562. The fourth-order valence-electron chi connectivity index (χ4n) is 1.26. The van der Waals surface area contributed by atoms with Crippen LogP contribution in [0.4, 0.5) is 17.1 Å². The molecular weight excluding hydrogens is 224 g/mol. The van der Waals surface area contributed by atoms with E-state index in [0.29, 0.717) is 18.7 Å². The molecule has 0 spiro atoms. The molecule has 92 valence electrons. The smallest absolute Gasteiger partial charge is 0.271 e. The van der Waals surface area contributed by atoms with Crippen LogP contribution in [0.2, 0.25) is 0 Å². The Morgan fingerprint density at radius 1 is 1.53 bits per heavy atom. The molecule has 7 heteroatoms. The van der Waals surface area contributed by atoms with Crippen LogP contribution in [0.15, 0.2) is 18.2 Å². The zero-order valence-electron chi connectivity index (χ0n) is 9.40. The van der Waals surface area contributed by atoms with Gasteiger partial charge in [0.25, 0.3) is 5.69 Å². The van der Waals surface area contributed by atoms with Gasteiger partial charge in [-0.1, -0.05) is 0 Å². The molecule has 0 aliphatic carbocycles. The quantitative estimate of drug-likeness (QED) is 0.398. The van der Waals surface area contributed by atoms with Crippen LogP contribution in [0.25, 0.3) is 0 Å². The average Bonchev–Trinajstić information content (AvgIpc) is 2.30. The monoisotopic (exact) mass is 238 g/mol. The van der Waals surface area contributed by atoms with Crippen molar-refractivity contribution < 1.29 is 9.72 Å². The average molecular weight is 238 g/mol. The third-order valence-corrected chi connectivity index (χ3v) is 2.19. The van der Waals surface area contributed by atoms with Crippen molar-refractivity contribution in [3.8, 4) is 0 Å². The molecule has 0 aliphatic rings. The highest BCUT2D eigenvalue weighted by Gasteiger charge is 2.08. The highest BCUT2D eigenvalue weighted by atomic mass is 16.6. The number of carbonyl (C=O) groups excluding carboxylic acids is 1. The number of anilines is 2. The number of amides is 1. The Bertz CT molecular complexity index is 434. The van der Waals surface area contributed by atoms with Gasteiger partial charge in [-0.2, -0.15) is 0 Å². The number of hydrogen-bond donors (Lipinski definition) is 3. The second kappa shape index (κ2) is 5.69. The Morgan fingerprint density at radius 3 is 2.76 bits per heavy atom. The first kappa shape index (κ1) is 12.8. The third kappa shape index (κ3) is 3.63. The molecular formula is C10H14N4O3. The Labute approximate surface area is 98.1 Å².